The molecule has 0 unspecified atom stereocenters. The van der Waals surface area contributed by atoms with Crippen LogP contribution in [0.3, 0.4) is 0 Å². The van der Waals surface area contributed by atoms with Crippen molar-refractivity contribution in [3.05, 3.63) is 35.5 Å². The fourth-order valence-electron chi connectivity index (χ4n) is 2.32. The SMILES string of the molecule is O=C(O)[C@H]1Cc2c([nH]c3ccccc23)CN1. The number of hydrogen-bond acceptors (Lipinski definition) is 2. The van der Waals surface area contributed by atoms with Gasteiger partial charge in [0.2, 0.25) is 0 Å². The standard InChI is InChI=1S/C12H12N2O2/c15-12(16)10-5-8-7-3-1-2-4-9(7)14-11(8)6-13-10/h1-4,10,13-14H,5-6H2,(H,15,16)/t10-/m1/s1. The van der Waals surface area contributed by atoms with E-state index in [9.17, 15) is 4.79 Å². The van der Waals surface area contributed by atoms with Crippen molar-refractivity contribution in [3.8, 4) is 0 Å². The Hall–Kier alpha value is -1.81. The van der Waals surface area contributed by atoms with Crippen molar-refractivity contribution in [2.45, 2.75) is 19.0 Å². The quantitative estimate of drug-likeness (QED) is 0.672. The molecule has 2 heterocycles. The third kappa shape index (κ3) is 1.31. The monoisotopic (exact) mass is 216 g/mol. The lowest BCUT2D eigenvalue weighted by Gasteiger charge is -2.20. The molecule has 0 aliphatic carbocycles. The molecule has 3 N–H and O–H groups in total. The number of aliphatic carboxylic acids is 1. The lowest BCUT2D eigenvalue weighted by molar-refractivity contribution is -0.139. The molecule has 82 valence electrons. The molecule has 0 radical (unpaired) electrons. The summed E-state index contributed by atoms with van der Waals surface area (Å²) in [5, 5.41) is 13.1. The Bertz CT molecular complexity index is 559. The highest BCUT2D eigenvalue weighted by molar-refractivity contribution is 5.86. The first kappa shape index (κ1) is 9.42. The van der Waals surface area contributed by atoms with Crippen molar-refractivity contribution in [1.29, 1.82) is 0 Å². The molecule has 0 spiro atoms. The lowest BCUT2D eigenvalue weighted by Crippen LogP contribution is -2.41. The lowest BCUT2D eigenvalue weighted by atomic mass is 9.99. The van der Waals surface area contributed by atoms with Crippen LogP contribution in [0.4, 0.5) is 0 Å². The minimum absolute atomic E-state index is 0.466. The van der Waals surface area contributed by atoms with E-state index in [4.69, 9.17) is 5.11 Å². The Labute approximate surface area is 92.3 Å². The van der Waals surface area contributed by atoms with Gasteiger partial charge < -0.3 is 10.1 Å². The number of aromatic amines is 1. The summed E-state index contributed by atoms with van der Waals surface area (Å²) in [7, 11) is 0. The fourth-order valence-corrected chi connectivity index (χ4v) is 2.32. The Morgan fingerprint density at radius 2 is 2.19 bits per heavy atom. The van der Waals surface area contributed by atoms with Gasteiger partial charge in [-0.2, -0.15) is 0 Å². The van der Waals surface area contributed by atoms with Crippen molar-refractivity contribution >= 4 is 16.9 Å². The predicted molar refractivity (Wildman–Crippen MR) is 60.3 cm³/mol. The maximum absolute atomic E-state index is 10.9. The zero-order valence-electron chi connectivity index (χ0n) is 8.66. The molecule has 0 saturated heterocycles. The van der Waals surface area contributed by atoms with Gasteiger partial charge in [0.15, 0.2) is 0 Å². The first-order valence-electron chi connectivity index (χ1n) is 5.30. The number of carboxylic acids is 1. The second kappa shape index (κ2) is 3.35. The zero-order valence-corrected chi connectivity index (χ0v) is 8.66. The van der Waals surface area contributed by atoms with Gasteiger partial charge in [-0.05, 0) is 11.6 Å². The van der Waals surface area contributed by atoms with Gasteiger partial charge in [0.25, 0.3) is 0 Å². The minimum atomic E-state index is -0.782. The molecular weight excluding hydrogens is 204 g/mol. The molecule has 1 aliphatic heterocycles. The van der Waals surface area contributed by atoms with Gasteiger partial charge in [0.1, 0.15) is 6.04 Å². The summed E-state index contributed by atoms with van der Waals surface area (Å²) in [6, 6.07) is 7.55. The van der Waals surface area contributed by atoms with E-state index < -0.39 is 12.0 Å². The maximum Gasteiger partial charge on any atom is 0.321 e. The molecule has 4 nitrogen and oxygen atoms in total. The van der Waals surface area contributed by atoms with Crippen LogP contribution in [0.15, 0.2) is 24.3 Å². The number of rotatable bonds is 1. The zero-order chi connectivity index (χ0) is 11.1. The normalized spacial score (nSPS) is 19.6. The summed E-state index contributed by atoms with van der Waals surface area (Å²) in [5.41, 5.74) is 3.33. The topological polar surface area (TPSA) is 65.1 Å². The van der Waals surface area contributed by atoms with Crippen LogP contribution in [0.2, 0.25) is 0 Å². The summed E-state index contributed by atoms with van der Waals surface area (Å²) in [4.78, 5) is 14.3. The number of fused-ring (bicyclic) bond motifs is 3. The van der Waals surface area contributed by atoms with Gasteiger partial charge in [-0.3, -0.25) is 10.1 Å². The molecule has 1 atom stereocenters. The molecule has 3 rings (SSSR count). The molecule has 1 aliphatic rings. The maximum atomic E-state index is 10.9. The van der Waals surface area contributed by atoms with Crippen LogP contribution in [0.5, 0.6) is 0 Å². The summed E-state index contributed by atoms with van der Waals surface area (Å²) in [5.74, 6) is -0.782. The largest absolute Gasteiger partial charge is 0.480 e. The van der Waals surface area contributed by atoms with E-state index in [0.29, 0.717) is 13.0 Å². The number of hydrogen-bond donors (Lipinski definition) is 3. The van der Waals surface area contributed by atoms with Crippen molar-refractivity contribution in [2.24, 2.45) is 0 Å². The van der Waals surface area contributed by atoms with E-state index in [1.807, 2.05) is 24.3 Å². The van der Waals surface area contributed by atoms with Crippen molar-refractivity contribution < 1.29 is 9.90 Å². The van der Waals surface area contributed by atoms with E-state index in [-0.39, 0.29) is 0 Å². The predicted octanol–water partition coefficient (Wildman–Crippen LogP) is 1.27. The number of benzene rings is 1. The summed E-state index contributed by atoms with van der Waals surface area (Å²) >= 11 is 0. The van der Waals surface area contributed by atoms with Crippen LogP contribution in [0.25, 0.3) is 10.9 Å². The molecule has 2 aromatic rings. The first-order chi connectivity index (χ1) is 7.75. The van der Waals surface area contributed by atoms with E-state index in [2.05, 4.69) is 10.3 Å². The van der Waals surface area contributed by atoms with Gasteiger partial charge >= 0.3 is 5.97 Å². The molecule has 0 bridgehead atoms. The Morgan fingerprint density at radius 1 is 1.38 bits per heavy atom. The number of nitrogens with one attached hydrogen (secondary N) is 2. The highest BCUT2D eigenvalue weighted by atomic mass is 16.4. The molecule has 16 heavy (non-hydrogen) atoms. The Balaban J connectivity index is 2.11. The third-order valence-electron chi connectivity index (χ3n) is 3.13. The second-order valence-corrected chi connectivity index (χ2v) is 4.10. The minimum Gasteiger partial charge on any atom is -0.480 e. The first-order valence-corrected chi connectivity index (χ1v) is 5.30. The Kier molecular flexibility index (Phi) is 1.97. The molecule has 1 aromatic carbocycles. The van der Waals surface area contributed by atoms with Crippen LogP contribution in [-0.4, -0.2) is 22.1 Å². The number of H-pyrrole nitrogens is 1. The smallest absolute Gasteiger partial charge is 0.321 e. The van der Waals surface area contributed by atoms with E-state index in [0.717, 1.165) is 22.2 Å². The molecule has 4 heteroatoms. The molecule has 1 aromatic heterocycles. The molecule has 0 fully saturated rings. The summed E-state index contributed by atoms with van der Waals surface area (Å²) < 4.78 is 0. The van der Waals surface area contributed by atoms with Crippen LogP contribution < -0.4 is 5.32 Å². The fraction of sp³-hybridized carbons (Fsp3) is 0.250. The van der Waals surface area contributed by atoms with Gasteiger partial charge in [-0.25, -0.2) is 0 Å². The van der Waals surface area contributed by atoms with Gasteiger partial charge in [0.05, 0.1) is 0 Å². The molecule has 0 saturated carbocycles. The van der Waals surface area contributed by atoms with Gasteiger partial charge in [-0.1, -0.05) is 18.2 Å². The highest BCUT2D eigenvalue weighted by Crippen LogP contribution is 2.26. The summed E-state index contributed by atoms with van der Waals surface area (Å²) in [6.45, 7) is 0.598. The van der Waals surface area contributed by atoms with E-state index in [1.165, 1.54) is 0 Å². The van der Waals surface area contributed by atoms with Crippen LogP contribution in [0.1, 0.15) is 11.3 Å². The number of aromatic nitrogens is 1. The Morgan fingerprint density at radius 3 is 3.00 bits per heavy atom. The number of para-hydroxylation sites is 1. The van der Waals surface area contributed by atoms with Crippen molar-refractivity contribution in [2.75, 3.05) is 0 Å². The van der Waals surface area contributed by atoms with Crippen LogP contribution in [-0.2, 0) is 17.8 Å². The second-order valence-electron chi connectivity index (χ2n) is 4.10. The van der Waals surface area contributed by atoms with Crippen molar-refractivity contribution in [1.82, 2.24) is 10.3 Å². The molecule has 0 amide bonds. The van der Waals surface area contributed by atoms with Gasteiger partial charge in [0, 0.05) is 29.6 Å². The third-order valence-corrected chi connectivity index (χ3v) is 3.13. The number of carbonyl (C=O) groups is 1. The number of carboxylic acid groups (broad SMARTS) is 1. The average Bonchev–Trinajstić information content (AvgIpc) is 2.66. The van der Waals surface area contributed by atoms with E-state index in [1.54, 1.807) is 0 Å². The average molecular weight is 216 g/mol. The van der Waals surface area contributed by atoms with Gasteiger partial charge in [-0.15, -0.1) is 0 Å². The van der Waals surface area contributed by atoms with Crippen LogP contribution in [0, 0.1) is 0 Å². The van der Waals surface area contributed by atoms with Crippen LogP contribution >= 0.6 is 0 Å². The van der Waals surface area contributed by atoms with Crippen molar-refractivity contribution in [3.63, 3.8) is 0 Å². The highest BCUT2D eigenvalue weighted by Gasteiger charge is 2.26. The summed E-state index contributed by atoms with van der Waals surface area (Å²) in [6.07, 6.45) is 0.550. The van der Waals surface area contributed by atoms with E-state index >= 15 is 0 Å². The molecular formula is C12H12N2O2.